The first kappa shape index (κ1) is 16.4. The molecule has 1 aromatic rings. The van der Waals surface area contributed by atoms with Crippen molar-refractivity contribution in [2.75, 3.05) is 13.6 Å². The number of aliphatic hydroxyl groups excluding tert-OH is 1. The molecule has 1 N–H and O–H groups in total. The third kappa shape index (κ3) is 4.79. The van der Waals surface area contributed by atoms with Gasteiger partial charge in [0.15, 0.2) is 0 Å². The molecule has 0 bridgehead atoms. The van der Waals surface area contributed by atoms with Gasteiger partial charge in [-0.15, -0.1) is 0 Å². The van der Waals surface area contributed by atoms with Crippen LogP contribution in [0.4, 0.5) is 4.39 Å². The first-order chi connectivity index (χ1) is 9.95. The minimum absolute atomic E-state index is 0.171. The quantitative estimate of drug-likeness (QED) is 0.895. The summed E-state index contributed by atoms with van der Waals surface area (Å²) in [6.45, 7) is 6.26. The van der Waals surface area contributed by atoms with E-state index in [1.54, 1.807) is 0 Å². The number of nitrogens with zero attached hydrogens (tertiary/aromatic N) is 1. The average molecular weight is 293 g/mol. The van der Waals surface area contributed by atoms with Crippen LogP contribution in [0.1, 0.15) is 38.7 Å². The third-order valence-corrected chi connectivity index (χ3v) is 4.84. The van der Waals surface area contributed by atoms with E-state index in [4.69, 9.17) is 0 Å². The van der Waals surface area contributed by atoms with E-state index in [2.05, 4.69) is 25.8 Å². The lowest BCUT2D eigenvalue weighted by Crippen LogP contribution is -2.38. The molecule has 21 heavy (non-hydrogen) atoms. The van der Waals surface area contributed by atoms with Crippen molar-refractivity contribution >= 4 is 0 Å². The second-order valence-electron chi connectivity index (χ2n) is 6.97. The van der Waals surface area contributed by atoms with E-state index in [1.807, 2.05) is 12.1 Å². The lowest BCUT2D eigenvalue weighted by atomic mass is 9.74. The SMILES string of the molecule is CC(C)C1CCC(O)C(CN(C)Cc2ccc(F)cc2)C1. The Balaban J connectivity index is 1.88. The number of aliphatic hydroxyl groups is 1. The minimum Gasteiger partial charge on any atom is -0.393 e. The van der Waals surface area contributed by atoms with Crippen LogP contribution in [0.3, 0.4) is 0 Å². The van der Waals surface area contributed by atoms with E-state index in [0.29, 0.717) is 11.8 Å². The van der Waals surface area contributed by atoms with Crippen LogP contribution < -0.4 is 0 Å². The van der Waals surface area contributed by atoms with Crippen LogP contribution in [-0.4, -0.2) is 29.7 Å². The van der Waals surface area contributed by atoms with Crippen molar-refractivity contribution < 1.29 is 9.50 Å². The Kier molecular flexibility index (Phi) is 5.77. The van der Waals surface area contributed by atoms with Gasteiger partial charge < -0.3 is 10.0 Å². The third-order valence-electron chi connectivity index (χ3n) is 4.84. The Morgan fingerprint density at radius 1 is 1.24 bits per heavy atom. The molecular formula is C18H28FNO. The van der Waals surface area contributed by atoms with Gasteiger partial charge in [-0.25, -0.2) is 4.39 Å². The molecule has 1 aromatic carbocycles. The molecule has 1 saturated carbocycles. The van der Waals surface area contributed by atoms with E-state index < -0.39 is 0 Å². The van der Waals surface area contributed by atoms with Gasteiger partial charge in [0.05, 0.1) is 6.10 Å². The maximum absolute atomic E-state index is 12.9. The number of rotatable bonds is 5. The molecule has 0 saturated heterocycles. The Morgan fingerprint density at radius 2 is 1.90 bits per heavy atom. The first-order valence-corrected chi connectivity index (χ1v) is 8.06. The van der Waals surface area contributed by atoms with E-state index in [1.165, 1.54) is 12.1 Å². The van der Waals surface area contributed by atoms with Crippen molar-refractivity contribution in [3.8, 4) is 0 Å². The molecule has 1 fully saturated rings. The zero-order valence-electron chi connectivity index (χ0n) is 13.4. The van der Waals surface area contributed by atoms with Gasteiger partial charge in [-0.1, -0.05) is 26.0 Å². The van der Waals surface area contributed by atoms with E-state index >= 15 is 0 Å². The van der Waals surface area contributed by atoms with Crippen LogP contribution in [0.5, 0.6) is 0 Å². The lowest BCUT2D eigenvalue weighted by Gasteiger charge is -2.37. The molecule has 1 aliphatic carbocycles. The fourth-order valence-electron chi connectivity index (χ4n) is 3.45. The summed E-state index contributed by atoms with van der Waals surface area (Å²) in [4.78, 5) is 2.24. The summed E-state index contributed by atoms with van der Waals surface area (Å²) in [5.41, 5.74) is 1.12. The predicted octanol–water partition coefficient (Wildman–Crippen LogP) is 3.69. The van der Waals surface area contributed by atoms with Crippen LogP contribution in [-0.2, 0) is 6.54 Å². The van der Waals surface area contributed by atoms with Crippen LogP contribution in [0.2, 0.25) is 0 Å². The van der Waals surface area contributed by atoms with Crippen molar-refractivity contribution in [2.24, 2.45) is 17.8 Å². The molecule has 2 nitrogen and oxygen atoms in total. The number of hydrogen-bond acceptors (Lipinski definition) is 2. The summed E-state index contributed by atoms with van der Waals surface area (Å²) in [7, 11) is 2.08. The standard InChI is InChI=1S/C18H28FNO/c1-13(2)15-6-9-18(21)16(10-15)12-20(3)11-14-4-7-17(19)8-5-14/h4-5,7-8,13,15-16,18,21H,6,9-12H2,1-3H3. The van der Waals surface area contributed by atoms with Gasteiger partial charge in [-0.3, -0.25) is 0 Å². The smallest absolute Gasteiger partial charge is 0.123 e. The number of hydrogen-bond donors (Lipinski definition) is 1. The average Bonchev–Trinajstić information content (AvgIpc) is 2.43. The highest BCUT2D eigenvalue weighted by molar-refractivity contribution is 5.15. The van der Waals surface area contributed by atoms with Crippen LogP contribution >= 0.6 is 0 Å². The molecule has 3 atom stereocenters. The largest absolute Gasteiger partial charge is 0.393 e. The fourth-order valence-corrected chi connectivity index (χ4v) is 3.45. The highest BCUT2D eigenvalue weighted by Crippen LogP contribution is 2.34. The molecule has 1 aliphatic rings. The summed E-state index contributed by atoms with van der Waals surface area (Å²) in [5.74, 6) is 1.60. The van der Waals surface area contributed by atoms with Gasteiger partial charge >= 0.3 is 0 Å². The molecule has 0 spiro atoms. The fraction of sp³-hybridized carbons (Fsp3) is 0.667. The summed E-state index contributed by atoms with van der Waals surface area (Å²) >= 11 is 0. The molecule has 0 aliphatic heterocycles. The Morgan fingerprint density at radius 3 is 2.52 bits per heavy atom. The molecule has 2 rings (SSSR count). The first-order valence-electron chi connectivity index (χ1n) is 8.06. The Hall–Kier alpha value is -0.930. The van der Waals surface area contributed by atoms with Crippen molar-refractivity contribution in [2.45, 2.75) is 45.8 Å². The highest BCUT2D eigenvalue weighted by atomic mass is 19.1. The highest BCUT2D eigenvalue weighted by Gasteiger charge is 2.31. The van der Waals surface area contributed by atoms with Crippen LogP contribution in [0, 0.1) is 23.6 Å². The second-order valence-corrected chi connectivity index (χ2v) is 6.97. The maximum Gasteiger partial charge on any atom is 0.123 e. The zero-order valence-corrected chi connectivity index (χ0v) is 13.4. The summed E-state index contributed by atoms with van der Waals surface area (Å²) in [6, 6.07) is 6.68. The Labute approximate surface area is 128 Å². The predicted molar refractivity (Wildman–Crippen MR) is 84.4 cm³/mol. The van der Waals surface area contributed by atoms with Gasteiger partial charge in [-0.2, -0.15) is 0 Å². The van der Waals surface area contributed by atoms with E-state index in [0.717, 1.165) is 43.8 Å². The zero-order chi connectivity index (χ0) is 15.4. The molecule has 0 radical (unpaired) electrons. The molecule has 3 heteroatoms. The Bertz CT molecular complexity index is 431. The van der Waals surface area contributed by atoms with E-state index in [-0.39, 0.29) is 11.9 Å². The molecule has 118 valence electrons. The molecular weight excluding hydrogens is 265 g/mol. The van der Waals surface area contributed by atoms with E-state index in [9.17, 15) is 9.50 Å². The van der Waals surface area contributed by atoms with Crippen molar-refractivity contribution in [3.05, 3.63) is 35.6 Å². The van der Waals surface area contributed by atoms with Gasteiger partial charge in [0.1, 0.15) is 5.82 Å². The summed E-state index contributed by atoms with van der Waals surface area (Å²) < 4.78 is 12.9. The normalized spacial score (nSPS) is 26.5. The van der Waals surface area contributed by atoms with Gasteiger partial charge in [-0.05, 0) is 61.8 Å². The van der Waals surface area contributed by atoms with Gasteiger partial charge in [0.25, 0.3) is 0 Å². The minimum atomic E-state index is -0.191. The van der Waals surface area contributed by atoms with Crippen molar-refractivity contribution in [3.63, 3.8) is 0 Å². The number of halogens is 1. The molecule has 0 amide bonds. The maximum atomic E-state index is 12.9. The second kappa shape index (κ2) is 7.37. The molecule has 0 aromatic heterocycles. The molecule has 0 heterocycles. The topological polar surface area (TPSA) is 23.5 Å². The van der Waals surface area contributed by atoms with Crippen molar-refractivity contribution in [1.29, 1.82) is 0 Å². The van der Waals surface area contributed by atoms with Crippen molar-refractivity contribution in [1.82, 2.24) is 4.90 Å². The molecule has 3 unspecified atom stereocenters. The number of benzene rings is 1. The van der Waals surface area contributed by atoms with Crippen LogP contribution in [0.15, 0.2) is 24.3 Å². The van der Waals surface area contributed by atoms with Gasteiger partial charge in [0, 0.05) is 13.1 Å². The summed E-state index contributed by atoms with van der Waals surface area (Å²) in [6.07, 6.45) is 3.03. The summed E-state index contributed by atoms with van der Waals surface area (Å²) in [5, 5.41) is 10.2. The van der Waals surface area contributed by atoms with Crippen LogP contribution in [0.25, 0.3) is 0 Å². The monoisotopic (exact) mass is 293 g/mol. The lowest BCUT2D eigenvalue weighted by molar-refractivity contribution is 0.0214. The van der Waals surface area contributed by atoms with Gasteiger partial charge in [0.2, 0.25) is 0 Å².